The minimum Gasteiger partial charge on any atom is -0.489 e. The first-order valence-corrected chi connectivity index (χ1v) is 28.9. The van der Waals surface area contributed by atoms with Gasteiger partial charge in [0.1, 0.15) is 59.6 Å². The number of piperazine rings is 3. The number of nitrogens with two attached hydrogens (primary N) is 2. The Morgan fingerprint density at radius 1 is 0.659 bits per heavy atom. The van der Waals surface area contributed by atoms with Gasteiger partial charge in [0.25, 0.3) is 0 Å². The molecule has 4 aromatic heterocycles. The SMILES string of the molecule is CN1CCN(c2ccc(-c3nc4ncnc(Cl)c4[nH]3)cc2)CC1.CN1CCN(c2ccc(C(=O)O)cc2)CC1.CN1CCN(c2ccc(C3=Nc4c(ncnc4-c4ccc(OC5CCOCC5)c(C#N)c4)C3)cc2)CC1.Nc1ncnc(Cl)c1N. The fraction of sp³-hybridized carbons (Fsp3) is 0.344. The van der Waals surface area contributed by atoms with Crippen molar-refractivity contribution in [2.24, 2.45) is 4.99 Å². The molecule has 6 N–H and O–H groups in total. The van der Waals surface area contributed by atoms with Crippen molar-refractivity contribution in [3.8, 4) is 34.5 Å². The third kappa shape index (κ3) is 15.0. The molecule has 5 aliphatic rings. The van der Waals surface area contributed by atoms with Gasteiger partial charge in [-0.3, -0.25) is 0 Å². The molecule has 4 saturated heterocycles. The van der Waals surface area contributed by atoms with E-state index in [1.807, 2.05) is 30.3 Å². The summed E-state index contributed by atoms with van der Waals surface area (Å²) in [7, 11) is 6.45. The summed E-state index contributed by atoms with van der Waals surface area (Å²) >= 11 is 11.5. The molecule has 440 valence electrons. The Hall–Kier alpha value is -8.56. The van der Waals surface area contributed by atoms with E-state index in [0.29, 0.717) is 52.8 Å². The third-order valence-electron chi connectivity index (χ3n) is 15.5. The minimum absolute atomic E-state index is 0.0739. The summed E-state index contributed by atoms with van der Waals surface area (Å²) in [6, 6.07) is 32.2. The second-order valence-electron chi connectivity index (χ2n) is 21.2. The van der Waals surface area contributed by atoms with Gasteiger partial charge in [0.2, 0.25) is 0 Å². The highest BCUT2D eigenvalue weighted by Crippen LogP contribution is 2.38. The van der Waals surface area contributed by atoms with Gasteiger partial charge in [-0.2, -0.15) is 5.26 Å². The van der Waals surface area contributed by atoms with Gasteiger partial charge >= 0.3 is 5.97 Å². The van der Waals surface area contributed by atoms with Crippen LogP contribution < -0.4 is 30.9 Å². The van der Waals surface area contributed by atoms with Gasteiger partial charge < -0.3 is 60.4 Å². The fourth-order valence-electron chi connectivity index (χ4n) is 10.2. The minimum atomic E-state index is -0.870. The number of halogens is 2. The summed E-state index contributed by atoms with van der Waals surface area (Å²) in [6.07, 6.45) is 6.67. The number of carboxylic acid groups (broad SMARTS) is 1. The Labute approximate surface area is 503 Å². The van der Waals surface area contributed by atoms with Crippen molar-refractivity contribution in [3.05, 3.63) is 143 Å². The number of aromatic nitrogens is 8. The molecule has 5 aliphatic heterocycles. The quantitative estimate of drug-likeness (QED) is 0.100. The predicted octanol–water partition coefficient (Wildman–Crippen LogP) is 7.86. The first kappa shape index (κ1) is 59.6. The summed E-state index contributed by atoms with van der Waals surface area (Å²) in [4.78, 5) is 61.8. The van der Waals surface area contributed by atoms with Crippen molar-refractivity contribution in [1.82, 2.24) is 54.6 Å². The van der Waals surface area contributed by atoms with Gasteiger partial charge in [0, 0.05) is 126 Å². The highest BCUT2D eigenvalue weighted by molar-refractivity contribution is 6.33. The summed E-state index contributed by atoms with van der Waals surface area (Å²) in [5.74, 6) is 0.709. The molecule has 22 nitrogen and oxygen atoms in total. The van der Waals surface area contributed by atoms with E-state index in [1.54, 1.807) is 18.5 Å². The van der Waals surface area contributed by atoms with Crippen molar-refractivity contribution in [2.75, 3.05) is 139 Å². The maximum atomic E-state index is 10.7. The normalized spacial score (nSPS) is 16.6. The van der Waals surface area contributed by atoms with E-state index in [-0.39, 0.29) is 22.8 Å². The summed E-state index contributed by atoms with van der Waals surface area (Å²) in [5, 5.41) is 19.2. The summed E-state index contributed by atoms with van der Waals surface area (Å²) in [6.45, 7) is 14.1. The van der Waals surface area contributed by atoms with Crippen LogP contribution in [-0.2, 0) is 11.2 Å². The van der Waals surface area contributed by atoms with Crippen molar-refractivity contribution in [3.63, 3.8) is 0 Å². The smallest absolute Gasteiger partial charge is 0.335 e. The third-order valence-corrected chi connectivity index (χ3v) is 16.1. The number of H-pyrrole nitrogens is 1. The molecule has 4 aromatic carbocycles. The van der Waals surface area contributed by atoms with Crippen LogP contribution in [-0.4, -0.2) is 190 Å². The second-order valence-corrected chi connectivity index (χ2v) is 21.9. The molecule has 0 amide bonds. The van der Waals surface area contributed by atoms with E-state index >= 15 is 0 Å². The molecule has 0 atom stereocenters. The number of carbonyl (C=O) groups is 1. The molecule has 0 unspecified atom stereocenters. The molecular formula is C61H68Cl2N18O4. The van der Waals surface area contributed by atoms with Gasteiger partial charge in [0.15, 0.2) is 21.8 Å². The van der Waals surface area contributed by atoms with E-state index in [0.717, 1.165) is 142 Å². The lowest BCUT2D eigenvalue weighted by Crippen LogP contribution is -2.44. The van der Waals surface area contributed by atoms with Crippen LogP contribution in [0, 0.1) is 11.3 Å². The van der Waals surface area contributed by atoms with Crippen molar-refractivity contribution in [2.45, 2.75) is 25.4 Å². The van der Waals surface area contributed by atoms with Crippen molar-refractivity contribution in [1.29, 1.82) is 5.26 Å². The maximum Gasteiger partial charge on any atom is 0.335 e. The molecule has 85 heavy (non-hydrogen) atoms. The Kier molecular flexibility index (Phi) is 19.6. The number of nitrogens with one attached hydrogen (secondary N) is 1. The summed E-state index contributed by atoms with van der Waals surface area (Å²) in [5.41, 5.74) is 22.9. The number of hydrogen-bond acceptors (Lipinski definition) is 20. The largest absolute Gasteiger partial charge is 0.489 e. The Morgan fingerprint density at radius 3 is 1.71 bits per heavy atom. The van der Waals surface area contributed by atoms with Gasteiger partial charge in [0.05, 0.1) is 41.4 Å². The number of nitriles is 1. The van der Waals surface area contributed by atoms with Gasteiger partial charge in [-0.15, -0.1) is 0 Å². The molecule has 4 fully saturated rings. The Balaban J connectivity index is 0.000000142. The first-order valence-electron chi connectivity index (χ1n) is 28.2. The summed E-state index contributed by atoms with van der Waals surface area (Å²) < 4.78 is 11.5. The molecule has 0 spiro atoms. The van der Waals surface area contributed by atoms with Crippen LogP contribution in [0.15, 0.2) is 115 Å². The van der Waals surface area contributed by atoms with Crippen LogP contribution in [0.2, 0.25) is 10.3 Å². The van der Waals surface area contributed by atoms with Gasteiger partial charge in [-0.25, -0.2) is 44.7 Å². The molecule has 13 rings (SSSR count). The topological polar surface area (TPSA) is 269 Å². The number of aliphatic imine (C=N–C) groups is 1. The lowest BCUT2D eigenvalue weighted by Gasteiger charge is -2.34. The number of imidazole rings is 1. The van der Waals surface area contributed by atoms with Crippen LogP contribution in [0.3, 0.4) is 0 Å². The number of likely N-dealkylation sites (N-methyl/N-ethyl adjacent to an activating group) is 3. The molecular weight excluding hydrogens is 1120 g/mol. The van der Waals surface area contributed by atoms with Gasteiger partial charge in [-0.05, 0) is 106 Å². The molecule has 0 bridgehead atoms. The van der Waals surface area contributed by atoms with Crippen LogP contribution in [0.4, 0.5) is 34.3 Å². The number of aromatic amines is 1. The Bertz CT molecular complexity index is 3610. The molecule has 8 aromatic rings. The standard InChI is InChI=1S/C29H30N6O2.C16H17ClN6.C12H16N2O2.C4H5ClN4/c1-34-10-12-35(13-11-34)23-5-2-20(3-6-23)25-17-26-29(33-25)28(32-19-31-26)21-4-7-27(22(16-21)18-30)37-24-8-14-36-15-9-24;1-22-6-8-23(9-7-22)12-4-2-11(3-5-12)15-20-13-14(17)18-10-19-16(13)21-15;1-13-6-8-14(9-7-13)11-4-2-10(3-5-11)12(15)16;5-3-2(6)4(7)9-1-8-3/h2-7,16,19,24H,8-15,17H2,1H3;2-5,10H,6-9H2,1H3,(H,18,19,20,21);2-5H,6-9H2,1H3,(H,15,16);1H,6H2,(H2,7,8,9). The van der Waals surface area contributed by atoms with E-state index in [2.05, 4.69) is 145 Å². The van der Waals surface area contributed by atoms with Gasteiger partial charge in [-0.1, -0.05) is 35.3 Å². The number of nitrogens with zero attached hydrogens (tertiary/aromatic N) is 15. The van der Waals surface area contributed by atoms with E-state index in [9.17, 15) is 10.1 Å². The fourth-order valence-corrected chi connectivity index (χ4v) is 10.6. The zero-order valence-electron chi connectivity index (χ0n) is 47.8. The van der Waals surface area contributed by atoms with Crippen LogP contribution in [0.1, 0.15) is 40.0 Å². The molecule has 24 heteroatoms. The average Bonchev–Trinajstić information content (AvgIpc) is 2.81. The zero-order chi connectivity index (χ0) is 59.4. The molecule has 9 heterocycles. The highest BCUT2D eigenvalue weighted by Gasteiger charge is 2.25. The van der Waals surface area contributed by atoms with E-state index < -0.39 is 5.97 Å². The lowest BCUT2D eigenvalue weighted by molar-refractivity contribution is 0.0254. The second kappa shape index (κ2) is 27.9. The lowest BCUT2D eigenvalue weighted by atomic mass is 10.0. The highest BCUT2D eigenvalue weighted by atomic mass is 35.5. The molecule has 0 aliphatic carbocycles. The number of aromatic carboxylic acids is 1. The monoisotopic (exact) mass is 1190 g/mol. The first-order chi connectivity index (χ1) is 41.3. The Morgan fingerprint density at radius 2 is 1.18 bits per heavy atom. The number of hydrogen-bond donors (Lipinski definition) is 4. The predicted molar refractivity (Wildman–Crippen MR) is 334 cm³/mol. The van der Waals surface area contributed by atoms with E-state index in [1.165, 1.54) is 24.0 Å². The van der Waals surface area contributed by atoms with Crippen molar-refractivity contribution < 1.29 is 19.4 Å². The van der Waals surface area contributed by atoms with Crippen LogP contribution in [0.25, 0.3) is 33.8 Å². The molecule has 0 saturated carbocycles. The maximum absolute atomic E-state index is 10.7. The number of carboxylic acids is 1. The van der Waals surface area contributed by atoms with Crippen LogP contribution >= 0.6 is 23.2 Å². The number of rotatable bonds is 9. The number of benzene rings is 4. The average molecular weight is 1190 g/mol. The number of fused-ring (bicyclic) bond motifs is 2. The zero-order valence-corrected chi connectivity index (χ0v) is 49.3. The number of ether oxygens (including phenoxy) is 2. The van der Waals surface area contributed by atoms with Crippen LogP contribution in [0.5, 0.6) is 5.75 Å². The number of anilines is 5. The van der Waals surface area contributed by atoms with E-state index in [4.69, 9.17) is 54.2 Å². The van der Waals surface area contributed by atoms with Crippen molar-refractivity contribution >= 4 is 80.3 Å². The number of nitrogen functional groups attached to an aromatic ring is 2. The molecule has 0 radical (unpaired) electrons.